The Balaban J connectivity index is 1.98. The molecule has 0 N–H and O–H groups in total. The zero-order valence-electron chi connectivity index (χ0n) is 10.7. The van der Waals surface area contributed by atoms with Crippen molar-refractivity contribution in [3.63, 3.8) is 0 Å². The summed E-state index contributed by atoms with van der Waals surface area (Å²) in [5.74, 6) is -0.0563. The van der Waals surface area contributed by atoms with Gasteiger partial charge in [0.15, 0.2) is 5.70 Å². The molecule has 0 spiro atoms. The van der Waals surface area contributed by atoms with Crippen molar-refractivity contribution < 1.29 is 9.53 Å². The summed E-state index contributed by atoms with van der Waals surface area (Å²) in [4.78, 5) is 16.3. The number of esters is 1. The Labute approximate surface area is 149 Å². The Morgan fingerprint density at radius 1 is 1.05 bits per heavy atom. The molecule has 2 aromatic rings. The normalized spacial score (nSPS) is 16.0. The topological polar surface area (TPSA) is 38.7 Å². The minimum Gasteiger partial charge on any atom is -0.402 e. The number of rotatable bonds is 2. The Kier molecular flexibility index (Phi) is 4.39. The number of halogens is 2. The first-order chi connectivity index (χ1) is 10.1. The molecule has 0 aromatic heterocycles. The van der Waals surface area contributed by atoms with E-state index in [1.165, 1.54) is 0 Å². The van der Waals surface area contributed by atoms with Gasteiger partial charge in [-0.3, -0.25) is 0 Å². The molecule has 0 unspecified atom stereocenters. The molecular formula is C16H9I2NO2. The smallest absolute Gasteiger partial charge is 0.363 e. The van der Waals surface area contributed by atoms with Crippen LogP contribution in [0.4, 0.5) is 0 Å². The molecule has 0 saturated carbocycles. The van der Waals surface area contributed by atoms with Gasteiger partial charge in [-0.25, -0.2) is 9.79 Å². The van der Waals surface area contributed by atoms with E-state index < -0.39 is 5.97 Å². The van der Waals surface area contributed by atoms with Gasteiger partial charge < -0.3 is 4.74 Å². The minimum atomic E-state index is -0.413. The third kappa shape index (κ3) is 3.34. The summed E-state index contributed by atoms with van der Waals surface area (Å²) in [5, 5.41) is 0. The van der Waals surface area contributed by atoms with E-state index in [2.05, 4.69) is 50.2 Å². The van der Waals surface area contributed by atoms with Crippen molar-refractivity contribution in [2.45, 2.75) is 0 Å². The quantitative estimate of drug-likeness (QED) is 0.351. The van der Waals surface area contributed by atoms with Gasteiger partial charge in [0.2, 0.25) is 5.90 Å². The molecule has 104 valence electrons. The van der Waals surface area contributed by atoms with Crippen molar-refractivity contribution in [1.82, 2.24) is 0 Å². The van der Waals surface area contributed by atoms with Crippen LogP contribution in [0.2, 0.25) is 0 Å². The number of ether oxygens (including phenoxy) is 1. The Hall–Kier alpha value is -1.22. The molecule has 0 aliphatic carbocycles. The van der Waals surface area contributed by atoms with Gasteiger partial charge in [-0.05, 0) is 81.1 Å². The van der Waals surface area contributed by atoms with Crippen LogP contribution in [0.25, 0.3) is 6.08 Å². The van der Waals surface area contributed by atoms with Crippen LogP contribution in [-0.2, 0) is 9.53 Å². The number of benzene rings is 2. The first-order valence-electron chi connectivity index (χ1n) is 6.16. The molecule has 2 aromatic carbocycles. The predicted molar refractivity (Wildman–Crippen MR) is 98.9 cm³/mol. The lowest BCUT2D eigenvalue weighted by atomic mass is 10.2. The highest BCUT2D eigenvalue weighted by Gasteiger charge is 2.24. The second kappa shape index (κ2) is 6.27. The lowest BCUT2D eigenvalue weighted by molar-refractivity contribution is -0.129. The maximum absolute atomic E-state index is 11.9. The highest BCUT2D eigenvalue weighted by atomic mass is 127. The van der Waals surface area contributed by atoms with Crippen molar-refractivity contribution in [3.05, 3.63) is 72.5 Å². The standard InChI is InChI=1S/C16H9I2NO2/c17-12-6-3-5-11(8-12)15-19-14(16(20)21-15)9-10-4-1-2-7-13(10)18/h1-9H/b14-9-. The van der Waals surface area contributed by atoms with E-state index in [1.54, 1.807) is 6.08 Å². The molecular weight excluding hydrogens is 492 g/mol. The molecule has 5 heteroatoms. The van der Waals surface area contributed by atoms with E-state index >= 15 is 0 Å². The molecule has 0 saturated heterocycles. The molecule has 3 nitrogen and oxygen atoms in total. The van der Waals surface area contributed by atoms with Crippen LogP contribution >= 0.6 is 45.2 Å². The molecule has 1 aliphatic rings. The van der Waals surface area contributed by atoms with Crippen LogP contribution in [0.15, 0.2) is 59.2 Å². The van der Waals surface area contributed by atoms with E-state index in [9.17, 15) is 4.79 Å². The van der Waals surface area contributed by atoms with Crippen LogP contribution in [-0.4, -0.2) is 11.9 Å². The van der Waals surface area contributed by atoms with Crippen molar-refractivity contribution in [3.8, 4) is 0 Å². The predicted octanol–water partition coefficient (Wildman–Crippen LogP) is 4.24. The van der Waals surface area contributed by atoms with Crippen molar-refractivity contribution in [1.29, 1.82) is 0 Å². The maximum Gasteiger partial charge on any atom is 0.363 e. The first-order valence-corrected chi connectivity index (χ1v) is 8.32. The zero-order valence-corrected chi connectivity index (χ0v) is 15.0. The van der Waals surface area contributed by atoms with Gasteiger partial charge in [0.1, 0.15) is 0 Å². The number of hydrogen-bond acceptors (Lipinski definition) is 3. The minimum absolute atomic E-state index is 0.327. The summed E-state index contributed by atoms with van der Waals surface area (Å²) in [6, 6.07) is 15.5. The summed E-state index contributed by atoms with van der Waals surface area (Å²) in [6.07, 6.45) is 1.75. The van der Waals surface area contributed by atoms with E-state index in [0.29, 0.717) is 11.6 Å². The molecule has 0 bridgehead atoms. The van der Waals surface area contributed by atoms with Gasteiger partial charge in [-0.2, -0.15) is 0 Å². The van der Waals surface area contributed by atoms with E-state index in [4.69, 9.17) is 4.74 Å². The van der Waals surface area contributed by atoms with Gasteiger partial charge in [-0.1, -0.05) is 24.3 Å². The lowest BCUT2D eigenvalue weighted by Crippen LogP contribution is -2.05. The van der Waals surface area contributed by atoms with Gasteiger partial charge in [-0.15, -0.1) is 0 Å². The van der Waals surface area contributed by atoms with Crippen LogP contribution in [0.3, 0.4) is 0 Å². The van der Waals surface area contributed by atoms with Crippen molar-refractivity contribution in [2.75, 3.05) is 0 Å². The van der Waals surface area contributed by atoms with Gasteiger partial charge >= 0.3 is 5.97 Å². The molecule has 1 aliphatic heterocycles. The van der Waals surface area contributed by atoms with E-state index in [1.807, 2.05) is 48.5 Å². The number of carbonyl (C=O) groups is 1. The molecule has 0 radical (unpaired) electrons. The summed E-state index contributed by atoms with van der Waals surface area (Å²) < 4.78 is 7.40. The second-order valence-electron chi connectivity index (χ2n) is 4.37. The Morgan fingerprint density at radius 2 is 1.86 bits per heavy atom. The largest absolute Gasteiger partial charge is 0.402 e. The van der Waals surface area contributed by atoms with Crippen molar-refractivity contribution in [2.24, 2.45) is 4.99 Å². The van der Waals surface area contributed by atoms with Gasteiger partial charge in [0.25, 0.3) is 0 Å². The fourth-order valence-electron chi connectivity index (χ4n) is 1.89. The zero-order chi connectivity index (χ0) is 14.8. The molecule has 21 heavy (non-hydrogen) atoms. The lowest BCUT2D eigenvalue weighted by Gasteiger charge is -1.99. The molecule has 3 rings (SSSR count). The second-order valence-corrected chi connectivity index (χ2v) is 6.78. The SMILES string of the molecule is O=C1OC(c2cccc(I)c2)=N/C1=C\c1ccccc1I. The molecule has 0 fully saturated rings. The Bertz CT molecular complexity index is 781. The highest BCUT2D eigenvalue weighted by Crippen LogP contribution is 2.22. The van der Waals surface area contributed by atoms with E-state index in [0.717, 1.165) is 18.3 Å². The molecule has 0 amide bonds. The van der Waals surface area contributed by atoms with Crippen LogP contribution in [0.1, 0.15) is 11.1 Å². The average molecular weight is 501 g/mol. The number of hydrogen-bond donors (Lipinski definition) is 0. The third-order valence-corrected chi connectivity index (χ3v) is 4.54. The van der Waals surface area contributed by atoms with Gasteiger partial charge in [0, 0.05) is 12.7 Å². The fourth-order valence-corrected chi connectivity index (χ4v) is 2.98. The van der Waals surface area contributed by atoms with Crippen LogP contribution in [0.5, 0.6) is 0 Å². The third-order valence-electron chi connectivity index (χ3n) is 2.89. The number of carbonyl (C=O) groups excluding carboxylic acids is 1. The summed E-state index contributed by atoms with van der Waals surface area (Å²) in [6.45, 7) is 0. The fraction of sp³-hybridized carbons (Fsp3) is 0. The first kappa shape index (κ1) is 14.7. The average Bonchev–Trinajstić information content (AvgIpc) is 2.83. The molecule has 1 heterocycles. The number of cyclic esters (lactones) is 1. The summed E-state index contributed by atoms with van der Waals surface area (Å²) >= 11 is 4.44. The maximum atomic E-state index is 11.9. The summed E-state index contributed by atoms with van der Waals surface area (Å²) in [5.41, 5.74) is 2.09. The highest BCUT2D eigenvalue weighted by molar-refractivity contribution is 14.1. The van der Waals surface area contributed by atoms with Crippen LogP contribution in [0, 0.1) is 7.14 Å². The Morgan fingerprint density at radius 3 is 2.62 bits per heavy atom. The van der Waals surface area contributed by atoms with Crippen molar-refractivity contribution >= 4 is 63.1 Å². The van der Waals surface area contributed by atoms with E-state index in [-0.39, 0.29) is 0 Å². The summed E-state index contributed by atoms with van der Waals surface area (Å²) in [7, 11) is 0. The number of nitrogens with zero attached hydrogens (tertiary/aromatic N) is 1. The molecule has 0 atom stereocenters. The van der Waals surface area contributed by atoms with Gasteiger partial charge in [0.05, 0.1) is 0 Å². The monoisotopic (exact) mass is 501 g/mol. The van der Waals surface area contributed by atoms with Crippen LogP contribution < -0.4 is 0 Å². The number of aliphatic imine (C=N–C) groups is 1.